The van der Waals surface area contributed by atoms with Crippen molar-refractivity contribution in [2.24, 2.45) is 11.1 Å². The molecule has 0 spiro atoms. The van der Waals surface area contributed by atoms with E-state index in [1.54, 1.807) is 4.90 Å². The molecule has 0 fully saturated rings. The highest BCUT2D eigenvalue weighted by Crippen LogP contribution is 2.12. The SMILES string of the molecule is CC(C)(C)C(=O)NCCC(=O)N(CCN)CCc1ccccc1.Cl. The van der Waals surface area contributed by atoms with Crippen LogP contribution in [0.15, 0.2) is 30.3 Å². The Morgan fingerprint density at radius 3 is 2.29 bits per heavy atom. The summed E-state index contributed by atoms with van der Waals surface area (Å²) in [6, 6.07) is 10.1. The average molecular weight is 356 g/mol. The number of nitrogens with two attached hydrogens (primary N) is 1. The van der Waals surface area contributed by atoms with Crippen molar-refractivity contribution in [3.05, 3.63) is 35.9 Å². The van der Waals surface area contributed by atoms with Gasteiger partial charge in [0.1, 0.15) is 0 Å². The van der Waals surface area contributed by atoms with Crippen LogP contribution in [0.5, 0.6) is 0 Å². The lowest BCUT2D eigenvalue weighted by Crippen LogP contribution is -2.40. The number of rotatable bonds is 8. The Kier molecular flexibility index (Phi) is 10.3. The Balaban J connectivity index is 0.00000529. The standard InChI is InChI=1S/C18H29N3O2.ClH/c1-18(2,3)17(23)20-12-9-16(22)21(14-11-19)13-10-15-7-5-4-6-8-15;/h4-8H,9-14,19H2,1-3H3,(H,20,23);1H. The van der Waals surface area contributed by atoms with Gasteiger partial charge in [0, 0.05) is 38.0 Å². The van der Waals surface area contributed by atoms with Gasteiger partial charge in [-0.05, 0) is 12.0 Å². The van der Waals surface area contributed by atoms with Gasteiger partial charge >= 0.3 is 0 Å². The van der Waals surface area contributed by atoms with Crippen LogP contribution in [0.25, 0.3) is 0 Å². The molecule has 0 saturated carbocycles. The second kappa shape index (κ2) is 11.0. The number of nitrogens with one attached hydrogen (secondary N) is 1. The van der Waals surface area contributed by atoms with Crippen molar-refractivity contribution in [3.8, 4) is 0 Å². The number of carbonyl (C=O) groups is 2. The molecule has 0 aliphatic carbocycles. The summed E-state index contributed by atoms with van der Waals surface area (Å²) < 4.78 is 0. The molecular weight excluding hydrogens is 326 g/mol. The summed E-state index contributed by atoms with van der Waals surface area (Å²) in [5, 5.41) is 2.81. The minimum absolute atomic E-state index is 0. The van der Waals surface area contributed by atoms with Gasteiger partial charge in [0.05, 0.1) is 0 Å². The van der Waals surface area contributed by atoms with Crippen LogP contribution in [0.2, 0.25) is 0 Å². The van der Waals surface area contributed by atoms with Crippen molar-refractivity contribution in [3.63, 3.8) is 0 Å². The predicted octanol–water partition coefficient (Wildman–Crippen LogP) is 1.99. The molecule has 0 aliphatic rings. The van der Waals surface area contributed by atoms with Crippen LogP contribution in [0.4, 0.5) is 0 Å². The zero-order valence-electron chi connectivity index (χ0n) is 14.9. The van der Waals surface area contributed by atoms with Crippen LogP contribution in [0.1, 0.15) is 32.8 Å². The normalized spacial score (nSPS) is 10.7. The number of carbonyl (C=O) groups excluding carboxylic acids is 2. The van der Waals surface area contributed by atoms with E-state index in [0.717, 1.165) is 6.42 Å². The van der Waals surface area contributed by atoms with Gasteiger partial charge < -0.3 is 16.0 Å². The summed E-state index contributed by atoms with van der Waals surface area (Å²) in [6.07, 6.45) is 1.11. The molecule has 136 valence electrons. The average Bonchev–Trinajstić information content (AvgIpc) is 2.51. The van der Waals surface area contributed by atoms with Crippen molar-refractivity contribution in [2.45, 2.75) is 33.6 Å². The zero-order chi connectivity index (χ0) is 17.3. The molecule has 0 heterocycles. The summed E-state index contributed by atoms with van der Waals surface area (Å²) in [5.41, 5.74) is 6.37. The first-order valence-corrected chi connectivity index (χ1v) is 8.14. The van der Waals surface area contributed by atoms with Crippen LogP contribution < -0.4 is 11.1 Å². The quantitative estimate of drug-likeness (QED) is 0.748. The van der Waals surface area contributed by atoms with Crippen LogP contribution in [0.3, 0.4) is 0 Å². The monoisotopic (exact) mass is 355 g/mol. The molecule has 3 N–H and O–H groups in total. The highest BCUT2D eigenvalue weighted by atomic mass is 35.5. The molecule has 0 unspecified atom stereocenters. The Hall–Kier alpha value is -1.59. The number of amides is 2. The van der Waals surface area contributed by atoms with Gasteiger partial charge in [-0.3, -0.25) is 9.59 Å². The lowest BCUT2D eigenvalue weighted by molar-refractivity contribution is -0.131. The van der Waals surface area contributed by atoms with Gasteiger partial charge in [-0.1, -0.05) is 51.1 Å². The van der Waals surface area contributed by atoms with E-state index in [-0.39, 0.29) is 24.2 Å². The molecule has 24 heavy (non-hydrogen) atoms. The van der Waals surface area contributed by atoms with Crippen LogP contribution in [-0.4, -0.2) is 42.9 Å². The fourth-order valence-corrected chi connectivity index (χ4v) is 2.13. The molecule has 2 amide bonds. The van der Waals surface area contributed by atoms with Gasteiger partial charge in [0.15, 0.2) is 0 Å². The molecule has 1 aromatic carbocycles. The van der Waals surface area contributed by atoms with Crippen molar-refractivity contribution in [2.75, 3.05) is 26.2 Å². The maximum Gasteiger partial charge on any atom is 0.225 e. The Bertz CT molecular complexity index is 501. The van der Waals surface area contributed by atoms with Crippen LogP contribution in [0, 0.1) is 5.41 Å². The first kappa shape index (κ1) is 22.4. The van der Waals surface area contributed by atoms with Crippen molar-refractivity contribution < 1.29 is 9.59 Å². The van der Waals surface area contributed by atoms with Gasteiger partial charge in [-0.2, -0.15) is 0 Å². The number of hydrogen-bond donors (Lipinski definition) is 2. The predicted molar refractivity (Wildman–Crippen MR) is 100 cm³/mol. The zero-order valence-corrected chi connectivity index (χ0v) is 15.7. The first-order chi connectivity index (χ1) is 10.8. The largest absolute Gasteiger partial charge is 0.355 e. The van der Waals surface area contributed by atoms with E-state index in [9.17, 15) is 9.59 Å². The van der Waals surface area contributed by atoms with Crippen molar-refractivity contribution in [1.29, 1.82) is 0 Å². The number of nitrogens with zero attached hydrogens (tertiary/aromatic N) is 1. The van der Waals surface area contributed by atoms with E-state index in [0.29, 0.717) is 32.6 Å². The molecule has 0 radical (unpaired) electrons. The smallest absolute Gasteiger partial charge is 0.225 e. The maximum atomic E-state index is 12.3. The summed E-state index contributed by atoms with van der Waals surface area (Å²) in [5.74, 6) is -0.0134. The molecule has 0 aliphatic heterocycles. The fraction of sp³-hybridized carbons (Fsp3) is 0.556. The van der Waals surface area contributed by atoms with Gasteiger partial charge in [-0.25, -0.2) is 0 Å². The molecular formula is C18H30ClN3O2. The van der Waals surface area contributed by atoms with E-state index in [2.05, 4.69) is 17.4 Å². The van der Waals surface area contributed by atoms with Gasteiger partial charge in [-0.15, -0.1) is 12.4 Å². The molecule has 0 saturated heterocycles. The lowest BCUT2D eigenvalue weighted by atomic mass is 9.96. The third-order valence-electron chi connectivity index (χ3n) is 3.57. The minimum Gasteiger partial charge on any atom is -0.355 e. The Labute approximate surface area is 151 Å². The van der Waals surface area contributed by atoms with Gasteiger partial charge in [0.25, 0.3) is 0 Å². The Morgan fingerprint density at radius 2 is 1.75 bits per heavy atom. The van der Waals surface area contributed by atoms with Gasteiger partial charge in [0.2, 0.25) is 11.8 Å². The minimum atomic E-state index is -0.437. The second-order valence-electron chi connectivity index (χ2n) is 6.66. The van der Waals surface area contributed by atoms with Crippen LogP contribution in [-0.2, 0) is 16.0 Å². The van der Waals surface area contributed by atoms with Crippen LogP contribution >= 0.6 is 12.4 Å². The van der Waals surface area contributed by atoms with Crippen molar-refractivity contribution in [1.82, 2.24) is 10.2 Å². The molecule has 1 rings (SSSR count). The van der Waals surface area contributed by atoms with E-state index >= 15 is 0 Å². The number of hydrogen-bond acceptors (Lipinski definition) is 3. The fourth-order valence-electron chi connectivity index (χ4n) is 2.13. The first-order valence-electron chi connectivity index (χ1n) is 8.14. The molecule has 0 bridgehead atoms. The summed E-state index contributed by atoms with van der Waals surface area (Å²) in [4.78, 5) is 25.9. The van der Waals surface area contributed by atoms with Crippen molar-refractivity contribution >= 4 is 24.2 Å². The summed E-state index contributed by atoms with van der Waals surface area (Å²) >= 11 is 0. The molecule has 0 atom stereocenters. The number of benzene rings is 1. The lowest BCUT2D eigenvalue weighted by Gasteiger charge is -2.23. The molecule has 1 aromatic rings. The van der Waals surface area contributed by atoms with E-state index in [4.69, 9.17) is 5.73 Å². The highest BCUT2D eigenvalue weighted by Gasteiger charge is 2.21. The number of halogens is 1. The summed E-state index contributed by atoms with van der Waals surface area (Å²) in [6.45, 7) is 7.54. The molecule has 5 nitrogen and oxygen atoms in total. The van der Waals surface area contributed by atoms with E-state index in [1.165, 1.54) is 5.56 Å². The summed E-state index contributed by atoms with van der Waals surface area (Å²) in [7, 11) is 0. The third-order valence-corrected chi connectivity index (χ3v) is 3.57. The third kappa shape index (κ3) is 8.31. The molecule has 0 aromatic heterocycles. The molecule has 6 heteroatoms. The second-order valence-corrected chi connectivity index (χ2v) is 6.66. The maximum absolute atomic E-state index is 12.3. The van der Waals surface area contributed by atoms with E-state index in [1.807, 2.05) is 39.0 Å². The van der Waals surface area contributed by atoms with E-state index < -0.39 is 5.41 Å². The Morgan fingerprint density at radius 1 is 1.12 bits per heavy atom. The topological polar surface area (TPSA) is 75.4 Å². The highest BCUT2D eigenvalue weighted by molar-refractivity contribution is 5.85.